The molecule has 0 fully saturated rings. The third-order valence-corrected chi connectivity index (χ3v) is 6.13. The second kappa shape index (κ2) is 10.5. The summed E-state index contributed by atoms with van der Waals surface area (Å²) in [5.41, 5.74) is 3.52. The summed E-state index contributed by atoms with van der Waals surface area (Å²) in [5.74, 6) is -1.74. The van der Waals surface area contributed by atoms with Gasteiger partial charge in [0, 0.05) is 19.0 Å². The first-order valence-electron chi connectivity index (χ1n) is 11.3. The number of fused-ring (bicyclic) bond motifs is 3. The van der Waals surface area contributed by atoms with Gasteiger partial charge in [0.2, 0.25) is 5.91 Å². The van der Waals surface area contributed by atoms with Gasteiger partial charge in [-0.15, -0.1) is 0 Å². The molecule has 0 spiro atoms. The van der Waals surface area contributed by atoms with Crippen LogP contribution in [-0.4, -0.2) is 42.8 Å². The molecule has 0 radical (unpaired) electrons. The van der Waals surface area contributed by atoms with Crippen LogP contribution in [0.3, 0.4) is 0 Å². The summed E-state index contributed by atoms with van der Waals surface area (Å²) in [6.45, 7) is 5.42. The molecule has 0 aliphatic heterocycles. The average Bonchev–Trinajstić information content (AvgIpc) is 3.12. The Balaban J connectivity index is 1.55. The number of ether oxygens (including phenoxy) is 1. The van der Waals surface area contributed by atoms with Crippen LogP contribution < -0.4 is 10.6 Å². The number of alkyl carbamates (subject to hydrolysis) is 1. The molecule has 0 bridgehead atoms. The molecule has 1 aliphatic rings. The third-order valence-electron chi connectivity index (χ3n) is 6.13. The summed E-state index contributed by atoms with van der Waals surface area (Å²) in [5, 5.41) is 14.6. The van der Waals surface area contributed by atoms with E-state index in [2.05, 4.69) is 34.9 Å². The maximum Gasteiger partial charge on any atom is 0.407 e. The lowest BCUT2D eigenvalue weighted by Gasteiger charge is -2.22. The lowest BCUT2D eigenvalue weighted by molar-refractivity contribution is -0.146. The number of nitrogens with one attached hydrogen (secondary N) is 2. The first kappa shape index (κ1) is 24.3. The zero-order chi connectivity index (χ0) is 24.0. The maximum atomic E-state index is 12.6. The van der Waals surface area contributed by atoms with E-state index in [4.69, 9.17) is 4.74 Å². The lowest BCUT2D eigenvalue weighted by atomic mass is 9.93. The van der Waals surface area contributed by atoms with Gasteiger partial charge in [-0.1, -0.05) is 61.9 Å². The molecule has 1 atom stereocenters. The Kier molecular flexibility index (Phi) is 7.74. The van der Waals surface area contributed by atoms with Gasteiger partial charge < -0.3 is 20.5 Å². The Morgan fingerprint density at radius 2 is 1.58 bits per heavy atom. The van der Waals surface area contributed by atoms with Crippen molar-refractivity contribution >= 4 is 18.0 Å². The number of hydrogen-bond donors (Lipinski definition) is 3. The number of carboxylic acid groups (broad SMARTS) is 1. The zero-order valence-electron chi connectivity index (χ0n) is 19.4. The number of carbonyl (C=O) groups excluding carboxylic acids is 2. The highest BCUT2D eigenvalue weighted by atomic mass is 16.5. The summed E-state index contributed by atoms with van der Waals surface area (Å²) >= 11 is 0. The number of amides is 2. The summed E-state index contributed by atoms with van der Waals surface area (Å²) in [7, 11) is 0. The first-order valence-corrected chi connectivity index (χ1v) is 11.3. The van der Waals surface area contributed by atoms with Crippen molar-refractivity contribution in [3.63, 3.8) is 0 Å². The van der Waals surface area contributed by atoms with Crippen molar-refractivity contribution in [2.24, 2.45) is 11.3 Å². The fourth-order valence-electron chi connectivity index (χ4n) is 4.06. The Morgan fingerprint density at radius 1 is 1.00 bits per heavy atom. The molecule has 3 rings (SSSR count). The highest BCUT2D eigenvalue weighted by Gasteiger charge is 2.30. The SMILES string of the molecule is CCCC(CNC(=O)OCC1c2ccccc2-c2ccccc21)C(=O)NCC(C)(C)C(=O)O. The van der Waals surface area contributed by atoms with Gasteiger partial charge in [-0.2, -0.15) is 0 Å². The Morgan fingerprint density at radius 3 is 2.12 bits per heavy atom. The minimum absolute atomic E-state index is 0.0202. The zero-order valence-corrected chi connectivity index (χ0v) is 19.4. The van der Waals surface area contributed by atoms with Crippen LogP contribution in [0.4, 0.5) is 4.79 Å². The minimum Gasteiger partial charge on any atom is -0.481 e. The molecule has 1 aliphatic carbocycles. The summed E-state index contributed by atoms with van der Waals surface area (Å²) < 4.78 is 5.53. The highest BCUT2D eigenvalue weighted by Crippen LogP contribution is 2.44. The van der Waals surface area contributed by atoms with Crippen LogP contribution in [0.15, 0.2) is 48.5 Å². The second-order valence-electron chi connectivity index (χ2n) is 9.10. The van der Waals surface area contributed by atoms with Crippen LogP contribution in [0.2, 0.25) is 0 Å². The quantitative estimate of drug-likeness (QED) is 0.502. The summed E-state index contributed by atoms with van der Waals surface area (Å²) in [6.07, 6.45) is 0.757. The molecule has 0 heterocycles. The van der Waals surface area contributed by atoms with Crippen molar-refractivity contribution in [1.29, 1.82) is 0 Å². The molecule has 7 heteroatoms. The van der Waals surface area contributed by atoms with Crippen LogP contribution >= 0.6 is 0 Å². The Labute approximate surface area is 194 Å². The number of aliphatic carboxylic acids is 1. The summed E-state index contributed by atoms with van der Waals surface area (Å²) in [6, 6.07) is 16.2. The highest BCUT2D eigenvalue weighted by molar-refractivity contribution is 5.81. The molecule has 176 valence electrons. The lowest BCUT2D eigenvalue weighted by Crippen LogP contribution is -2.44. The largest absolute Gasteiger partial charge is 0.481 e. The van der Waals surface area contributed by atoms with Gasteiger partial charge in [0.15, 0.2) is 0 Å². The van der Waals surface area contributed by atoms with E-state index in [1.165, 1.54) is 0 Å². The predicted molar refractivity (Wildman–Crippen MR) is 126 cm³/mol. The van der Waals surface area contributed by atoms with E-state index in [1.807, 2.05) is 31.2 Å². The Bertz CT molecular complexity index is 972. The van der Waals surface area contributed by atoms with E-state index in [0.717, 1.165) is 28.7 Å². The van der Waals surface area contributed by atoms with E-state index in [0.29, 0.717) is 6.42 Å². The molecule has 0 aromatic heterocycles. The van der Waals surface area contributed by atoms with Crippen LogP contribution in [0.25, 0.3) is 11.1 Å². The fraction of sp³-hybridized carbons (Fsp3) is 0.423. The molecular formula is C26H32N2O5. The number of carboxylic acids is 1. The number of hydrogen-bond acceptors (Lipinski definition) is 4. The molecule has 0 saturated carbocycles. The van der Waals surface area contributed by atoms with E-state index < -0.39 is 23.4 Å². The first-order chi connectivity index (χ1) is 15.7. The van der Waals surface area contributed by atoms with Crippen LogP contribution in [-0.2, 0) is 14.3 Å². The topological polar surface area (TPSA) is 105 Å². The molecule has 33 heavy (non-hydrogen) atoms. The number of benzene rings is 2. The predicted octanol–water partition coefficient (Wildman–Crippen LogP) is 4.17. The van der Waals surface area contributed by atoms with Crippen LogP contribution in [0.1, 0.15) is 50.7 Å². The normalized spacial score (nSPS) is 13.5. The third kappa shape index (κ3) is 5.72. The smallest absolute Gasteiger partial charge is 0.407 e. The van der Waals surface area contributed by atoms with Gasteiger partial charge in [-0.3, -0.25) is 9.59 Å². The molecule has 7 nitrogen and oxygen atoms in total. The van der Waals surface area contributed by atoms with Gasteiger partial charge in [0.05, 0.1) is 11.3 Å². The molecule has 0 saturated heterocycles. The van der Waals surface area contributed by atoms with Crippen molar-refractivity contribution in [2.75, 3.05) is 19.7 Å². The van der Waals surface area contributed by atoms with Crippen molar-refractivity contribution in [3.8, 4) is 11.1 Å². The van der Waals surface area contributed by atoms with E-state index >= 15 is 0 Å². The summed E-state index contributed by atoms with van der Waals surface area (Å²) in [4.78, 5) is 36.2. The average molecular weight is 453 g/mol. The van der Waals surface area contributed by atoms with E-state index in [1.54, 1.807) is 13.8 Å². The standard InChI is InChI=1S/C26H32N2O5/c1-4-9-17(23(29)28-16-26(2,3)24(30)31)14-27-25(32)33-15-22-20-12-7-5-10-18(20)19-11-6-8-13-21(19)22/h5-8,10-13,17,22H,4,9,14-16H2,1-3H3,(H,27,32)(H,28,29)(H,30,31). The van der Waals surface area contributed by atoms with Gasteiger partial charge >= 0.3 is 12.1 Å². The van der Waals surface area contributed by atoms with Gasteiger partial charge in [-0.05, 0) is 42.5 Å². The van der Waals surface area contributed by atoms with Crippen LogP contribution in [0, 0.1) is 11.3 Å². The monoisotopic (exact) mass is 452 g/mol. The Hall–Kier alpha value is -3.35. The van der Waals surface area contributed by atoms with Crippen molar-refractivity contribution < 1.29 is 24.2 Å². The van der Waals surface area contributed by atoms with Gasteiger partial charge in [0.1, 0.15) is 6.61 Å². The molecule has 2 aromatic rings. The molecule has 3 N–H and O–H groups in total. The van der Waals surface area contributed by atoms with Gasteiger partial charge in [-0.25, -0.2) is 4.79 Å². The van der Waals surface area contributed by atoms with Crippen LogP contribution in [0.5, 0.6) is 0 Å². The van der Waals surface area contributed by atoms with Crippen molar-refractivity contribution in [3.05, 3.63) is 59.7 Å². The fourth-order valence-corrected chi connectivity index (χ4v) is 4.06. The minimum atomic E-state index is -1.06. The van der Waals surface area contributed by atoms with E-state index in [-0.39, 0.29) is 31.5 Å². The van der Waals surface area contributed by atoms with Crippen molar-refractivity contribution in [2.45, 2.75) is 39.5 Å². The molecule has 2 aromatic carbocycles. The van der Waals surface area contributed by atoms with Gasteiger partial charge in [0.25, 0.3) is 0 Å². The number of carbonyl (C=O) groups is 3. The van der Waals surface area contributed by atoms with Crippen molar-refractivity contribution in [1.82, 2.24) is 10.6 Å². The maximum absolute atomic E-state index is 12.6. The van der Waals surface area contributed by atoms with E-state index in [9.17, 15) is 19.5 Å². The molecule has 2 amide bonds. The number of rotatable bonds is 10. The molecular weight excluding hydrogens is 420 g/mol. The molecule has 1 unspecified atom stereocenters. The second-order valence-corrected chi connectivity index (χ2v) is 9.10.